The number of halogens is 1. The molecule has 0 N–H and O–H groups in total. The summed E-state index contributed by atoms with van der Waals surface area (Å²) in [4.78, 5) is 11.3. The molecule has 1 heterocycles. The third-order valence-electron chi connectivity index (χ3n) is 3.90. The summed E-state index contributed by atoms with van der Waals surface area (Å²) in [5, 5.41) is 4.68. The third kappa shape index (κ3) is 2.57. The smallest absolute Gasteiger partial charge is 0.153 e. The van der Waals surface area contributed by atoms with Gasteiger partial charge in [0.2, 0.25) is 0 Å². The summed E-state index contributed by atoms with van der Waals surface area (Å²) in [6.07, 6.45) is 7.64. The Morgan fingerprint density at radius 1 is 1.30 bits per heavy atom. The molecular weight excluding hydrogens is 316 g/mol. The molecule has 3 rings (SSSR count). The van der Waals surface area contributed by atoms with E-state index in [9.17, 15) is 4.79 Å². The fourth-order valence-corrected chi connectivity index (χ4v) is 3.55. The molecule has 1 aliphatic carbocycles. The number of rotatable bonds is 3. The molecule has 104 valence electrons. The van der Waals surface area contributed by atoms with Crippen molar-refractivity contribution in [3.05, 3.63) is 40.0 Å². The second kappa shape index (κ2) is 5.52. The van der Waals surface area contributed by atoms with Gasteiger partial charge in [-0.25, -0.2) is 0 Å². The number of aryl methyl sites for hydroxylation is 1. The minimum atomic E-state index is 0.454. The molecule has 1 saturated carbocycles. The molecule has 0 radical (unpaired) electrons. The highest BCUT2D eigenvalue weighted by Gasteiger charge is 2.20. The quantitative estimate of drug-likeness (QED) is 0.773. The third-order valence-corrected chi connectivity index (χ3v) is 4.36. The first kappa shape index (κ1) is 13.6. The Kier molecular flexibility index (Phi) is 3.74. The number of aldehydes is 1. The van der Waals surface area contributed by atoms with Crippen LogP contribution in [0.3, 0.4) is 0 Å². The first-order valence-corrected chi connectivity index (χ1v) is 7.78. The van der Waals surface area contributed by atoms with Gasteiger partial charge in [-0.2, -0.15) is 5.10 Å². The summed E-state index contributed by atoms with van der Waals surface area (Å²) in [5.74, 6) is 0. The van der Waals surface area contributed by atoms with Crippen LogP contribution in [0.2, 0.25) is 0 Å². The molecule has 0 amide bonds. The fraction of sp³-hybridized carbons (Fsp3) is 0.375. The molecule has 4 heteroatoms. The summed E-state index contributed by atoms with van der Waals surface area (Å²) in [7, 11) is 0. The number of carbonyl (C=O) groups is 1. The van der Waals surface area contributed by atoms with Gasteiger partial charge in [-0.3, -0.25) is 9.48 Å². The van der Waals surface area contributed by atoms with Crippen LogP contribution < -0.4 is 0 Å². The van der Waals surface area contributed by atoms with Crippen LogP contribution in [0.5, 0.6) is 0 Å². The van der Waals surface area contributed by atoms with Crippen LogP contribution in [0.4, 0.5) is 0 Å². The molecular formula is C16H17BrN2O. The number of benzene rings is 1. The lowest BCUT2D eigenvalue weighted by atomic mass is 10.1. The lowest BCUT2D eigenvalue weighted by Gasteiger charge is -2.08. The first-order chi connectivity index (χ1) is 9.67. The topological polar surface area (TPSA) is 34.9 Å². The van der Waals surface area contributed by atoms with E-state index in [0.29, 0.717) is 11.6 Å². The van der Waals surface area contributed by atoms with Gasteiger partial charge in [-0.15, -0.1) is 0 Å². The van der Waals surface area contributed by atoms with E-state index in [4.69, 9.17) is 0 Å². The summed E-state index contributed by atoms with van der Waals surface area (Å²) < 4.78 is 3.00. The molecule has 0 unspecified atom stereocenters. The predicted octanol–water partition coefficient (Wildman–Crippen LogP) is 4.55. The molecule has 0 atom stereocenters. The zero-order valence-corrected chi connectivity index (χ0v) is 13.1. The number of nitrogens with zero attached hydrogens (tertiary/aromatic N) is 2. The average Bonchev–Trinajstić information content (AvgIpc) is 3.06. The van der Waals surface area contributed by atoms with E-state index in [1.165, 1.54) is 12.8 Å². The van der Waals surface area contributed by atoms with E-state index in [1.54, 1.807) is 0 Å². The summed E-state index contributed by atoms with van der Waals surface area (Å²) in [5.41, 5.74) is 3.61. The maximum absolute atomic E-state index is 11.3. The Hall–Kier alpha value is -1.42. The second-order valence-corrected chi connectivity index (χ2v) is 6.40. The van der Waals surface area contributed by atoms with Crippen molar-refractivity contribution in [2.75, 3.05) is 0 Å². The van der Waals surface area contributed by atoms with Crippen molar-refractivity contribution in [3.8, 4) is 11.3 Å². The van der Waals surface area contributed by atoms with Gasteiger partial charge in [-0.05, 0) is 43.5 Å². The Balaban J connectivity index is 2.05. The van der Waals surface area contributed by atoms with Crippen molar-refractivity contribution >= 4 is 22.2 Å². The second-order valence-electron chi connectivity index (χ2n) is 5.49. The largest absolute Gasteiger partial charge is 0.298 e. The van der Waals surface area contributed by atoms with Gasteiger partial charge >= 0.3 is 0 Å². The van der Waals surface area contributed by atoms with Gasteiger partial charge < -0.3 is 0 Å². The number of hydrogen-bond donors (Lipinski definition) is 0. The zero-order valence-electron chi connectivity index (χ0n) is 11.5. The molecule has 20 heavy (non-hydrogen) atoms. The first-order valence-electron chi connectivity index (χ1n) is 6.99. The van der Waals surface area contributed by atoms with Crippen molar-refractivity contribution in [1.82, 2.24) is 9.78 Å². The van der Waals surface area contributed by atoms with Crippen LogP contribution in [0, 0.1) is 6.92 Å². The van der Waals surface area contributed by atoms with E-state index >= 15 is 0 Å². The molecule has 2 aromatic rings. The van der Waals surface area contributed by atoms with Crippen LogP contribution in [0.1, 0.15) is 47.6 Å². The van der Waals surface area contributed by atoms with Crippen molar-refractivity contribution in [2.45, 2.75) is 38.6 Å². The molecule has 0 spiro atoms. The van der Waals surface area contributed by atoms with Gasteiger partial charge in [0.25, 0.3) is 0 Å². The van der Waals surface area contributed by atoms with Crippen LogP contribution in [0.15, 0.2) is 28.9 Å². The predicted molar refractivity (Wildman–Crippen MR) is 83.0 cm³/mol. The molecule has 1 aliphatic rings. The molecule has 3 nitrogen and oxygen atoms in total. The minimum absolute atomic E-state index is 0.454. The Morgan fingerprint density at radius 3 is 2.70 bits per heavy atom. The Bertz CT molecular complexity index is 622. The number of hydrogen-bond acceptors (Lipinski definition) is 2. The van der Waals surface area contributed by atoms with Crippen molar-refractivity contribution in [2.24, 2.45) is 0 Å². The maximum atomic E-state index is 11.3. The minimum Gasteiger partial charge on any atom is -0.298 e. The lowest BCUT2D eigenvalue weighted by Crippen LogP contribution is -2.04. The van der Waals surface area contributed by atoms with Crippen molar-refractivity contribution < 1.29 is 4.79 Å². The van der Waals surface area contributed by atoms with Gasteiger partial charge in [0.1, 0.15) is 5.69 Å². The molecule has 1 aromatic carbocycles. The lowest BCUT2D eigenvalue weighted by molar-refractivity contribution is 0.112. The van der Waals surface area contributed by atoms with Gasteiger partial charge in [0.05, 0.1) is 11.6 Å². The molecule has 1 aromatic heterocycles. The summed E-state index contributed by atoms with van der Waals surface area (Å²) in [6, 6.07) is 6.59. The van der Waals surface area contributed by atoms with Crippen LogP contribution in [-0.2, 0) is 0 Å². The number of carbonyl (C=O) groups excluding carboxylic acids is 1. The normalized spacial score (nSPS) is 15.7. The SMILES string of the molecule is Cc1cc(Br)cc(-c2nn(C3CCCC3)cc2C=O)c1. The van der Waals surface area contributed by atoms with Crippen LogP contribution >= 0.6 is 15.9 Å². The average molecular weight is 333 g/mol. The zero-order chi connectivity index (χ0) is 14.1. The molecule has 0 saturated heterocycles. The van der Waals surface area contributed by atoms with Crippen molar-refractivity contribution in [3.63, 3.8) is 0 Å². The highest BCUT2D eigenvalue weighted by molar-refractivity contribution is 9.10. The van der Waals surface area contributed by atoms with Gasteiger partial charge in [0, 0.05) is 16.2 Å². The maximum Gasteiger partial charge on any atom is 0.153 e. The summed E-state index contributed by atoms with van der Waals surface area (Å²) in [6.45, 7) is 2.04. The number of aromatic nitrogens is 2. The molecule has 0 aliphatic heterocycles. The highest BCUT2D eigenvalue weighted by Crippen LogP contribution is 2.32. The monoisotopic (exact) mass is 332 g/mol. The van der Waals surface area contributed by atoms with E-state index in [-0.39, 0.29) is 0 Å². The van der Waals surface area contributed by atoms with Crippen LogP contribution in [-0.4, -0.2) is 16.1 Å². The Morgan fingerprint density at radius 2 is 2.05 bits per heavy atom. The molecule has 0 bridgehead atoms. The van der Waals surface area contributed by atoms with Crippen LogP contribution in [0.25, 0.3) is 11.3 Å². The van der Waals surface area contributed by atoms with E-state index in [0.717, 1.165) is 40.4 Å². The standard InChI is InChI=1S/C16H17BrN2O/c1-11-6-12(8-14(17)7-11)16-13(10-20)9-19(18-16)15-4-2-3-5-15/h6-10,15H,2-5H2,1H3. The van der Waals surface area contributed by atoms with E-state index < -0.39 is 0 Å². The Labute approximate surface area is 127 Å². The van der Waals surface area contributed by atoms with E-state index in [1.807, 2.05) is 23.9 Å². The molecule has 1 fully saturated rings. The van der Waals surface area contributed by atoms with Crippen molar-refractivity contribution in [1.29, 1.82) is 0 Å². The fourth-order valence-electron chi connectivity index (χ4n) is 2.95. The highest BCUT2D eigenvalue weighted by atomic mass is 79.9. The summed E-state index contributed by atoms with van der Waals surface area (Å²) >= 11 is 3.51. The van der Waals surface area contributed by atoms with Gasteiger partial charge in [-0.1, -0.05) is 28.8 Å². The van der Waals surface area contributed by atoms with Gasteiger partial charge in [0.15, 0.2) is 6.29 Å². The van der Waals surface area contributed by atoms with E-state index in [2.05, 4.69) is 33.2 Å².